The summed E-state index contributed by atoms with van der Waals surface area (Å²) >= 11 is 1.40. The third kappa shape index (κ3) is 4.14. The Kier molecular flexibility index (Phi) is 5.17. The maximum atomic E-state index is 11.8. The van der Waals surface area contributed by atoms with Crippen LogP contribution in [0.15, 0.2) is 29.3 Å². The second-order valence-electron chi connectivity index (χ2n) is 6.20. The van der Waals surface area contributed by atoms with E-state index in [2.05, 4.69) is 4.98 Å². The van der Waals surface area contributed by atoms with Gasteiger partial charge in [0.25, 0.3) is 0 Å². The average Bonchev–Trinajstić information content (AvgIpc) is 3.04. The number of carbonyl (C=O) groups excluding carboxylic acids is 1. The van der Waals surface area contributed by atoms with Crippen molar-refractivity contribution in [2.24, 2.45) is 10.9 Å². The van der Waals surface area contributed by atoms with Gasteiger partial charge < -0.3 is 15.6 Å². The van der Waals surface area contributed by atoms with Crippen LogP contribution in [-0.2, 0) is 14.8 Å². The fraction of sp³-hybridized carbons (Fsp3) is 0.375. The van der Waals surface area contributed by atoms with E-state index in [0.717, 1.165) is 23.9 Å². The minimum atomic E-state index is -3.98. The van der Waals surface area contributed by atoms with Crippen LogP contribution in [0.25, 0.3) is 10.4 Å². The van der Waals surface area contributed by atoms with Gasteiger partial charge in [-0.1, -0.05) is 0 Å². The number of nitrogens with two attached hydrogens (primary N) is 2. The summed E-state index contributed by atoms with van der Waals surface area (Å²) in [5.74, 6) is 0.0480. The summed E-state index contributed by atoms with van der Waals surface area (Å²) in [5, 5.41) is 15.7. The van der Waals surface area contributed by atoms with E-state index in [1.54, 1.807) is 6.20 Å². The summed E-state index contributed by atoms with van der Waals surface area (Å²) in [6, 6.07) is 4.07. The first-order valence-corrected chi connectivity index (χ1v) is 10.4. The molecular weight excluding hydrogens is 378 g/mol. The minimum Gasteiger partial charge on any atom is -0.508 e. The molecule has 1 aromatic carbocycles. The van der Waals surface area contributed by atoms with E-state index in [4.69, 9.17) is 15.6 Å². The van der Waals surface area contributed by atoms with Crippen molar-refractivity contribution < 1.29 is 23.1 Å². The molecule has 0 atom stereocenters. The number of primary sulfonamides is 1. The molecule has 1 heterocycles. The highest BCUT2D eigenvalue weighted by atomic mass is 32.2. The van der Waals surface area contributed by atoms with Crippen molar-refractivity contribution in [3.63, 3.8) is 0 Å². The zero-order chi connectivity index (χ0) is 18.9. The molecular formula is C16H19N3O5S2. The SMILES string of the molecule is NC(=O)OC1CCC(c2ncc(-c3ccc(O)cc3S(N)(=O)=O)s2)CC1. The highest BCUT2D eigenvalue weighted by Gasteiger charge is 2.27. The number of sulfonamides is 1. The van der Waals surface area contributed by atoms with E-state index >= 15 is 0 Å². The molecule has 0 unspecified atom stereocenters. The highest BCUT2D eigenvalue weighted by molar-refractivity contribution is 7.89. The fourth-order valence-electron chi connectivity index (χ4n) is 3.14. The van der Waals surface area contributed by atoms with Gasteiger partial charge in [0.15, 0.2) is 0 Å². The molecule has 0 saturated heterocycles. The van der Waals surface area contributed by atoms with Crippen molar-refractivity contribution in [2.75, 3.05) is 0 Å². The molecule has 0 aliphatic heterocycles. The van der Waals surface area contributed by atoms with E-state index < -0.39 is 16.1 Å². The first-order chi connectivity index (χ1) is 12.2. The predicted molar refractivity (Wildman–Crippen MR) is 96.3 cm³/mol. The number of nitrogens with zero attached hydrogens (tertiary/aromatic N) is 1. The van der Waals surface area contributed by atoms with Gasteiger partial charge in [0.1, 0.15) is 11.9 Å². The van der Waals surface area contributed by atoms with E-state index in [0.29, 0.717) is 23.3 Å². The van der Waals surface area contributed by atoms with Crippen LogP contribution < -0.4 is 10.9 Å². The third-order valence-electron chi connectivity index (χ3n) is 4.37. The normalized spacial score (nSPS) is 20.7. The molecule has 1 aliphatic carbocycles. The van der Waals surface area contributed by atoms with Gasteiger partial charge >= 0.3 is 6.09 Å². The molecule has 140 valence electrons. The molecule has 5 N–H and O–H groups in total. The summed E-state index contributed by atoms with van der Waals surface area (Å²) in [7, 11) is -3.98. The number of phenols is 1. The number of thiazole rings is 1. The van der Waals surface area contributed by atoms with Crippen LogP contribution in [0.5, 0.6) is 5.75 Å². The Morgan fingerprint density at radius 2 is 1.96 bits per heavy atom. The third-order valence-corrected chi connectivity index (χ3v) is 6.51. The smallest absolute Gasteiger partial charge is 0.404 e. The molecule has 0 radical (unpaired) electrons. The zero-order valence-corrected chi connectivity index (χ0v) is 15.4. The molecule has 8 nitrogen and oxygen atoms in total. The molecule has 26 heavy (non-hydrogen) atoms. The molecule has 1 fully saturated rings. The first-order valence-electron chi connectivity index (χ1n) is 8.02. The largest absolute Gasteiger partial charge is 0.508 e. The first kappa shape index (κ1) is 18.6. The summed E-state index contributed by atoms with van der Waals surface area (Å²) in [5.41, 5.74) is 5.46. The molecule has 1 amide bonds. The monoisotopic (exact) mass is 397 g/mol. The summed E-state index contributed by atoms with van der Waals surface area (Å²) in [6.45, 7) is 0. The number of phenolic OH excluding ortho intramolecular Hbond substituents is 1. The minimum absolute atomic E-state index is 0.133. The van der Waals surface area contributed by atoms with E-state index in [9.17, 15) is 18.3 Å². The lowest BCUT2D eigenvalue weighted by atomic mass is 9.88. The quantitative estimate of drug-likeness (QED) is 0.721. The fourth-order valence-corrected chi connectivity index (χ4v) is 5.10. The van der Waals surface area contributed by atoms with Crippen LogP contribution >= 0.6 is 11.3 Å². The Morgan fingerprint density at radius 3 is 2.58 bits per heavy atom. The molecule has 2 aromatic rings. The lowest BCUT2D eigenvalue weighted by Crippen LogP contribution is -2.26. The van der Waals surface area contributed by atoms with Crippen LogP contribution in [0.3, 0.4) is 0 Å². The highest BCUT2D eigenvalue weighted by Crippen LogP contribution is 2.40. The van der Waals surface area contributed by atoms with E-state index in [1.165, 1.54) is 23.5 Å². The van der Waals surface area contributed by atoms with E-state index in [-0.39, 0.29) is 22.7 Å². The second-order valence-corrected chi connectivity index (χ2v) is 8.79. The van der Waals surface area contributed by atoms with Crippen molar-refractivity contribution in [1.82, 2.24) is 4.98 Å². The van der Waals surface area contributed by atoms with Crippen molar-refractivity contribution in [2.45, 2.75) is 42.6 Å². The Balaban J connectivity index is 1.81. The van der Waals surface area contributed by atoms with Gasteiger partial charge in [0.05, 0.1) is 14.8 Å². The van der Waals surface area contributed by atoms with Gasteiger partial charge in [-0.15, -0.1) is 11.3 Å². The molecule has 1 aromatic heterocycles. The summed E-state index contributed by atoms with van der Waals surface area (Å²) in [6.07, 6.45) is 3.74. The van der Waals surface area contributed by atoms with Gasteiger partial charge in [-0.2, -0.15) is 0 Å². The van der Waals surface area contributed by atoms with Crippen molar-refractivity contribution >= 4 is 27.5 Å². The number of aromatic nitrogens is 1. The number of amides is 1. The Labute approximate surface area is 154 Å². The molecule has 1 aliphatic rings. The standard InChI is InChI=1S/C16H19N3O5S2/c17-16(21)24-11-4-1-9(2-5-11)15-19-8-13(25-15)12-6-3-10(20)7-14(12)26(18,22)23/h3,6-9,11,20H,1-2,4-5H2,(H2,17,21)(H2,18,22,23). The second kappa shape index (κ2) is 7.22. The van der Waals surface area contributed by atoms with Crippen LogP contribution in [0, 0.1) is 0 Å². The number of primary amides is 1. The van der Waals surface area contributed by atoms with Gasteiger partial charge in [-0.3, -0.25) is 0 Å². The number of hydrogen-bond donors (Lipinski definition) is 3. The number of ether oxygens (including phenoxy) is 1. The predicted octanol–water partition coefficient (Wildman–Crippen LogP) is 2.28. The maximum Gasteiger partial charge on any atom is 0.404 e. The number of hydrogen-bond acceptors (Lipinski definition) is 7. The molecule has 1 saturated carbocycles. The number of aromatic hydroxyl groups is 1. The lowest BCUT2D eigenvalue weighted by molar-refractivity contribution is 0.0787. The average molecular weight is 397 g/mol. The van der Waals surface area contributed by atoms with Gasteiger partial charge in [-0.05, 0) is 37.8 Å². The van der Waals surface area contributed by atoms with Crippen molar-refractivity contribution in [3.8, 4) is 16.2 Å². The van der Waals surface area contributed by atoms with Crippen molar-refractivity contribution in [1.29, 1.82) is 0 Å². The van der Waals surface area contributed by atoms with Gasteiger partial charge in [0, 0.05) is 23.7 Å². The summed E-state index contributed by atoms with van der Waals surface area (Å²) < 4.78 is 28.7. The van der Waals surface area contributed by atoms with Crippen LogP contribution in [0.4, 0.5) is 4.79 Å². The topological polar surface area (TPSA) is 146 Å². The summed E-state index contributed by atoms with van der Waals surface area (Å²) in [4.78, 5) is 15.8. The van der Waals surface area contributed by atoms with Crippen molar-refractivity contribution in [3.05, 3.63) is 29.4 Å². The molecule has 0 bridgehead atoms. The number of carbonyl (C=O) groups is 1. The lowest BCUT2D eigenvalue weighted by Gasteiger charge is -2.26. The van der Waals surface area contributed by atoms with E-state index in [1.807, 2.05) is 0 Å². The zero-order valence-electron chi connectivity index (χ0n) is 13.8. The van der Waals surface area contributed by atoms with Crippen LogP contribution in [0.1, 0.15) is 36.6 Å². The maximum absolute atomic E-state index is 11.8. The Morgan fingerprint density at radius 1 is 1.27 bits per heavy atom. The number of rotatable bonds is 4. The van der Waals surface area contributed by atoms with Gasteiger partial charge in [-0.25, -0.2) is 23.3 Å². The molecule has 3 rings (SSSR count). The van der Waals surface area contributed by atoms with Gasteiger partial charge in [0.2, 0.25) is 10.0 Å². The Hall–Kier alpha value is -2.17. The molecule has 0 spiro atoms. The van der Waals surface area contributed by atoms with Crippen LogP contribution in [0.2, 0.25) is 0 Å². The van der Waals surface area contributed by atoms with Crippen LogP contribution in [-0.4, -0.2) is 30.7 Å². The molecule has 10 heteroatoms. The Bertz CT molecular complexity index is 918. The number of benzene rings is 1.